The number of hydrogen-bond donors (Lipinski definition) is 2. The molecule has 2 rings (SSSR count). The molecule has 2 N–H and O–H groups in total. The molecule has 1 amide bonds. The van der Waals surface area contributed by atoms with Crippen molar-refractivity contribution in [3.63, 3.8) is 0 Å². The Labute approximate surface area is 97.8 Å². The van der Waals surface area contributed by atoms with Gasteiger partial charge in [-0.25, -0.2) is 0 Å². The minimum absolute atomic E-state index is 0.0133. The molecule has 0 radical (unpaired) electrons. The molecule has 2 heterocycles. The third-order valence-electron chi connectivity index (χ3n) is 2.43. The van der Waals surface area contributed by atoms with Crippen LogP contribution in [0.4, 0.5) is 0 Å². The Balaban J connectivity index is 1.91. The maximum Gasteiger partial charge on any atom is 0.261 e. The predicted octanol–water partition coefficient (Wildman–Crippen LogP) is 1.88. The molecule has 1 aliphatic heterocycles. The van der Waals surface area contributed by atoms with Crippen molar-refractivity contribution in [2.75, 3.05) is 13.1 Å². The van der Waals surface area contributed by atoms with Crippen LogP contribution in [0.2, 0.25) is 4.34 Å². The van der Waals surface area contributed by atoms with E-state index in [1.165, 1.54) is 11.3 Å². The minimum atomic E-state index is -0.0133. The smallest absolute Gasteiger partial charge is 0.261 e. The van der Waals surface area contributed by atoms with E-state index < -0.39 is 0 Å². The van der Waals surface area contributed by atoms with Crippen LogP contribution < -0.4 is 10.6 Å². The van der Waals surface area contributed by atoms with Crippen molar-refractivity contribution in [1.82, 2.24) is 10.6 Å². The van der Waals surface area contributed by atoms with E-state index in [0.29, 0.717) is 9.21 Å². The fraction of sp³-hybridized carbons (Fsp3) is 0.500. The number of rotatable bonds is 2. The molecule has 1 saturated heterocycles. The zero-order chi connectivity index (χ0) is 10.7. The highest BCUT2D eigenvalue weighted by molar-refractivity contribution is 7.17. The lowest BCUT2D eigenvalue weighted by Gasteiger charge is -2.23. The van der Waals surface area contributed by atoms with Crippen LogP contribution in [0.3, 0.4) is 0 Å². The molecule has 15 heavy (non-hydrogen) atoms. The van der Waals surface area contributed by atoms with Gasteiger partial charge in [0, 0.05) is 12.6 Å². The summed E-state index contributed by atoms with van der Waals surface area (Å²) in [6, 6.07) is 3.77. The lowest BCUT2D eigenvalue weighted by molar-refractivity contribution is 0.0935. The number of carbonyl (C=O) groups excluding carboxylic acids is 1. The van der Waals surface area contributed by atoms with Crippen molar-refractivity contribution in [2.24, 2.45) is 0 Å². The molecule has 0 saturated carbocycles. The third-order valence-corrected chi connectivity index (χ3v) is 3.66. The van der Waals surface area contributed by atoms with Crippen molar-refractivity contribution in [2.45, 2.75) is 18.9 Å². The number of amides is 1. The summed E-state index contributed by atoms with van der Waals surface area (Å²) in [5.74, 6) is -0.0133. The normalized spacial score (nSPS) is 21.3. The third kappa shape index (κ3) is 2.93. The van der Waals surface area contributed by atoms with E-state index in [9.17, 15) is 4.79 Å². The fourth-order valence-corrected chi connectivity index (χ4v) is 2.61. The molecule has 0 aliphatic carbocycles. The van der Waals surface area contributed by atoms with Crippen molar-refractivity contribution >= 4 is 28.8 Å². The lowest BCUT2D eigenvalue weighted by atomic mass is 10.1. The van der Waals surface area contributed by atoms with Gasteiger partial charge < -0.3 is 10.6 Å². The van der Waals surface area contributed by atoms with Crippen molar-refractivity contribution in [3.05, 3.63) is 21.3 Å². The molecule has 0 aromatic carbocycles. The summed E-state index contributed by atoms with van der Waals surface area (Å²) in [5.41, 5.74) is 0. The van der Waals surface area contributed by atoms with Gasteiger partial charge in [-0.3, -0.25) is 4.79 Å². The van der Waals surface area contributed by atoms with Crippen molar-refractivity contribution in [3.8, 4) is 0 Å². The monoisotopic (exact) mass is 244 g/mol. The summed E-state index contributed by atoms with van der Waals surface area (Å²) in [6.07, 6.45) is 2.17. The van der Waals surface area contributed by atoms with Gasteiger partial charge in [0.05, 0.1) is 9.21 Å². The highest BCUT2D eigenvalue weighted by Crippen LogP contribution is 2.21. The second-order valence-corrected chi connectivity index (χ2v) is 5.34. The Morgan fingerprint density at radius 3 is 3.07 bits per heavy atom. The van der Waals surface area contributed by atoms with Gasteiger partial charge in [0.1, 0.15) is 0 Å². The summed E-state index contributed by atoms with van der Waals surface area (Å²) in [4.78, 5) is 12.4. The Bertz CT molecular complexity index is 347. The van der Waals surface area contributed by atoms with Gasteiger partial charge >= 0.3 is 0 Å². The summed E-state index contributed by atoms with van der Waals surface area (Å²) in [6.45, 7) is 1.92. The average Bonchev–Trinajstić information content (AvgIpc) is 2.66. The molecule has 3 nitrogen and oxygen atoms in total. The van der Waals surface area contributed by atoms with Crippen LogP contribution in [0, 0.1) is 0 Å². The molecule has 0 spiro atoms. The van der Waals surface area contributed by atoms with E-state index in [-0.39, 0.29) is 11.9 Å². The second-order valence-electron chi connectivity index (χ2n) is 3.62. The van der Waals surface area contributed by atoms with Crippen molar-refractivity contribution in [1.29, 1.82) is 0 Å². The van der Waals surface area contributed by atoms with Crippen LogP contribution >= 0.6 is 22.9 Å². The van der Waals surface area contributed by atoms with Gasteiger partial charge in [0.25, 0.3) is 5.91 Å². The number of piperidine rings is 1. The zero-order valence-electron chi connectivity index (χ0n) is 8.25. The molecular weight excluding hydrogens is 232 g/mol. The number of carbonyl (C=O) groups is 1. The van der Waals surface area contributed by atoms with E-state index in [2.05, 4.69) is 10.6 Å². The first-order valence-corrected chi connectivity index (χ1v) is 6.22. The van der Waals surface area contributed by atoms with E-state index in [0.717, 1.165) is 25.9 Å². The molecule has 1 atom stereocenters. The SMILES string of the molecule is O=C(N[C@@H]1CCCNC1)c1ccc(Cl)s1. The molecule has 0 bridgehead atoms. The summed E-state index contributed by atoms with van der Waals surface area (Å²) in [5, 5.41) is 6.26. The number of hydrogen-bond acceptors (Lipinski definition) is 3. The maximum atomic E-state index is 11.7. The van der Waals surface area contributed by atoms with Crippen LogP contribution in [0.1, 0.15) is 22.5 Å². The molecule has 0 unspecified atom stereocenters. The first-order chi connectivity index (χ1) is 7.25. The summed E-state index contributed by atoms with van der Waals surface area (Å²) in [7, 11) is 0. The van der Waals surface area contributed by atoms with E-state index >= 15 is 0 Å². The zero-order valence-corrected chi connectivity index (χ0v) is 9.83. The Kier molecular flexibility index (Phi) is 3.61. The lowest BCUT2D eigenvalue weighted by Crippen LogP contribution is -2.45. The average molecular weight is 245 g/mol. The quantitative estimate of drug-likeness (QED) is 0.834. The topological polar surface area (TPSA) is 41.1 Å². The van der Waals surface area contributed by atoms with Gasteiger partial charge in [0.2, 0.25) is 0 Å². The first-order valence-electron chi connectivity index (χ1n) is 5.02. The number of halogens is 1. The molecule has 82 valence electrons. The van der Waals surface area contributed by atoms with E-state index in [1.54, 1.807) is 12.1 Å². The Morgan fingerprint density at radius 2 is 2.47 bits per heavy atom. The van der Waals surface area contributed by atoms with Crippen LogP contribution in [0.5, 0.6) is 0 Å². The van der Waals surface area contributed by atoms with Gasteiger partial charge in [-0.15, -0.1) is 11.3 Å². The molecule has 1 aliphatic rings. The Hall–Kier alpha value is -0.580. The van der Waals surface area contributed by atoms with Crippen LogP contribution in [-0.2, 0) is 0 Å². The molecule has 5 heteroatoms. The van der Waals surface area contributed by atoms with Gasteiger partial charge in [0.15, 0.2) is 0 Å². The van der Waals surface area contributed by atoms with Gasteiger partial charge in [-0.2, -0.15) is 0 Å². The standard InChI is InChI=1S/C10H13ClN2OS/c11-9-4-3-8(15-9)10(14)13-7-2-1-5-12-6-7/h3-4,7,12H,1-2,5-6H2,(H,13,14)/t7-/m1/s1. The molecule has 1 aromatic heterocycles. The minimum Gasteiger partial charge on any atom is -0.347 e. The number of nitrogens with one attached hydrogen (secondary N) is 2. The predicted molar refractivity (Wildman–Crippen MR) is 62.7 cm³/mol. The summed E-state index contributed by atoms with van der Waals surface area (Å²) < 4.78 is 0.655. The van der Waals surface area contributed by atoms with E-state index in [1.807, 2.05) is 0 Å². The first kappa shape index (κ1) is 10.9. The molecular formula is C10H13ClN2OS. The highest BCUT2D eigenvalue weighted by atomic mass is 35.5. The van der Waals surface area contributed by atoms with Crippen LogP contribution in [0.25, 0.3) is 0 Å². The number of thiophene rings is 1. The van der Waals surface area contributed by atoms with Crippen LogP contribution in [-0.4, -0.2) is 25.0 Å². The molecule has 1 aromatic rings. The van der Waals surface area contributed by atoms with E-state index in [4.69, 9.17) is 11.6 Å². The van der Waals surface area contributed by atoms with Crippen molar-refractivity contribution < 1.29 is 4.79 Å². The fourth-order valence-electron chi connectivity index (χ4n) is 1.67. The highest BCUT2D eigenvalue weighted by Gasteiger charge is 2.17. The largest absolute Gasteiger partial charge is 0.347 e. The van der Waals surface area contributed by atoms with Gasteiger partial charge in [-0.1, -0.05) is 11.6 Å². The summed E-state index contributed by atoms with van der Waals surface area (Å²) >= 11 is 7.09. The maximum absolute atomic E-state index is 11.7. The second kappa shape index (κ2) is 4.96. The van der Waals surface area contributed by atoms with Gasteiger partial charge in [-0.05, 0) is 31.5 Å². The molecule has 1 fully saturated rings. The Morgan fingerprint density at radius 1 is 1.60 bits per heavy atom. The van der Waals surface area contributed by atoms with Crippen LogP contribution in [0.15, 0.2) is 12.1 Å².